The molecule has 2 aromatic heterocycles. The number of carbonyl (C=O) groups excluding carboxylic acids is 2. The molecule has 2 aromatic rings. The number of nitrogen functional groups attached to an aromatic ring is 1. The third kappa shape index (κ3) is 4.76. The minimum Gasteiger partial charge on any atom is -0.384 e. The van der Waals surface area contributed by atoms with Gasteiger partial charge in [0.2, 0.25) is 0 Å². The molecule has 0 saturated carbocycles. The summed E-state index contributed by atoms with van der Waals surface area (Å²) in [4.78, 5) is 39.9. The number of amides is 2. The van der Waals surface area contributed by atoms with E-state index in [1.165, 1.54) is 0 Å². The maximum Gasteiger partial charge on any atom is 0.320 e. The van der Waals surface area contributed by atoms with Gasteiger partial charge < -0.3 is 15.5 Å². The summed E-state index contributed by atoms with van der Waals surface area (Å²) < 4.78 is 0. The zero-order valence-electron chi connectivity index (χ0n) is 17.1. The van der Waals surface area contributed by atoms with Crippen molar-refractivity contribution in [2.24, 2.45) is 5.92 Å². The van der Waals surface area contributed by atoms with Crippen molar-refractivity contribution in [2.75, 3.05) is 45.0 Å². The molecule has 0 unspecified atom stereocenters. The lowest BCUT2D eigenvalue weighted by Gasteiger charge is -2.39. The molecule has 2 aliphatic rings. The summed E-state index contributed by atoms with van der Waals surface area (Å²) in [5, 5.41) is 0. The summed E-state index contributed by atoms with van der Waals surface area (Å²) in [6, 6.07) is 9.37. The number of pyridine rings is 2. The van der Waals surface area contributed by atoms with Crippen molar-refractivity contribution in [2.45, 2.75) is 19.4 Å². The number of likely N-dealkylation sites (tertiary alicyclic amines) is 1. The number of piperidine rings is 1. The number of carbonyl (C=O) groups is 2. The van der Waals surface area contributed by atoms with Crippen LogP contribution in [0.15, 0.2) is 42.7 Å². The maximum absolute atomic E-state index is 12.9. The fourth-order valence-corrected chi connectivity index (χ4v) is 4.20. The number of Topliss-reactive ketones (excluding diaryl/α,β-unsaturated/α-hetero) is 1. The van der Waals surface area contributed by atoms with Gasteiger partial charge in [-0.05, 0) is 42.7 Å². The normalized spacial score (nSPS) is 18.4. The number of aromatic nitrogens is 2. The van der Waals surface area contributed by atoms with Gasteiger partial charge in [0.05, 0.1) is 0 Å². The van der Waals surface area contributed by atoms with Crippen molar-refractivity contribution in [3.05, 3.63) is 54.0 Å². The van der Waals surface area contributed by atoms with Crippen molar-refractivity contribution < 1.29 is 9.59 Å². The quantitative estimate of drug-likeness (QED) is 0.777. The number of hydrogen-bond acceptors (Lipinski definition) is 6. The monoisotopic (exact) mass is 408 g/mol. The molecule has 0 aliphatic carbocycles. The molecule has 2 saturated heterocycles. The van der Waals surface area contributed by atoms with Crippen molar-refractivity contribution in [3.63, 3.8) is 0 Å². The second kappa shape index (κ2) is 9.21. The highest BCUT2D eigenvalue weighted by molar-refractivity contribution is 5.96. The standard InChI is InChI=1S/C22H28N6O2/c23-20-15-17(4-8-25-20)16-26-11-13-28(14-12-26)22(30)27-9-5-18(6-10-27)21(29)19-3-1-2-7-24-19/h1-4,7-8,15,18H,5-6,9-14,16H2,(H2,23,25). The average Bonchev–Trinajstić information content (AvgIpc) is 2.79. The predicted molar refractivity (Wildman–Crippen MR) is 114 cm³/mol. The molecule has 0 radical (unpaired) electrons. The first-order valence-corrected chi connectivity index (χ1v) is 10.5. The molecule has 2 amide bonds. The second-order valence-electron chi connectivity index (χ2n) is 7.98. The van der Waals surface area contributed by atoms with E-state index in [9.17, 15) is 9.59 Å². The molecule has 2 N–H and O–H groups in total. The minimum atomic E-state index is -0.0476. The van der Waals surface area contributed by atoms with E-state index in [4.69, 9.17) is 5.73 Å². The van der Waals surface area contributed by atoms with E-state index in [0.29, 0.717) is 50.5 Å². The number of nitrogens with zero attached hydrogens (tertiary/aromatic N) is 5. The maximum atomic E-state index is 12.9. The van der Waals surface area contributed by atoms with Gasteiger partial charge in [-0.25, -0.2) is 9.78 Å². The highest BCUT2D eigenvalue weighted by atomic mass is 16.2. The third-order valence-corrected chi connectivity index (χ3v) is 5.95. The van der Waals surface area contributed by atoms with Crippen LogP contribution in [-0.2, 0) is 6.54 Å². The van der Waals surface area contributed by atoms with Crippen LogP contribution >= 0.6 is 0 Å². The topological polar surface area (TPSA) is 95.7 Å². The second-order valence-corrected chi connectivity index (χ2v) is 7.98. The van der Waals surface area contributed by atoms with Gasteiger partial charge in [-0.3, -0.25) is 14.7 Å². The summed E-state index contributed by atoms with van der Waals surface area (Å²) in [6.07, 6.45) is 4.77. The number of anilines is 1. The molecule has 4 rings (SSSR count). The Morgan fingerprint density at radius 2 is 1.67 bits per heavy atom. The van der Waals surface area contributed by atoms with E-state index < -0.39 is 0 Å². The Balaban J connectivity index is 1.24. The molecule has 30 heavy (non-hydrogen) atoms. The summed E-state index contributed by atoms with van der Waals surface area (Å²) in [7, 11) is 0. The fourth-order valence-electron chi connectivity index (χ4n) is 4.20. The molecule has 0 spiro atoms. The van der Waals surface area contributed by atoms with E-state index >= 15 is 0 Å². The van der Waals surface area contributed by atoms with Gasteiger partial charge in [0.15, 0.2) is 5.78 Å². The van der Waals surface area contributed by atoms with Crippen molar-refractivity contribution in [3.8, 4) is 0 Å². The Labute approximate surface area is 176 Å². The van der Waals surface area contributed by atoms with Crippen molar-refractivity contribution >= 4 is 17.6 Å². The van der Waals surface area contributed by atoms with Crippen LogP contribution in [0.1, 0.15) is 28.9 Å². The highest BCUT2D eigenvalue weighted by Crippen LogP contribution is 2.22. The van der Waals surface area contributed by atoms with Gasteiger partial charge in [0.25, 0.3) is 0 Å². The Morgan fingerprint density at radius 1 is 0.933 bits per heavy atom. The number of ketones is 1. The molecule has 8 nitrogen and oxygen atoms in total. The molecule has 0 bridgehead atoms. The van der Waals surface area contributed by atoms with Crippen LogP contribution in [0, 0.1) is 5.92 Å². The summed E-state index contributed by atoms with van der Waals surface area (Å²) in [6.45, 7) is 5.16. The van der Waals surface area contributed by atoms with Crippen molar-refractivity contribution in [1.29, 1.82) is 0 Å². The lowest BCUT2D eigenvalue weighted by molar-refractivity contribution is 0.0790. The Hall–Kier alpha value is -3.00. The van der Waals surface area contributed by atoms with Crippen LogP contribution in [0.2, 0.25) is 0 Å². The van der Waals surface area contributed by atoms with Gasteiger partial charge in [-0.1, -0.05) is 6.07 Å². The number of nitrogens with two attached hydrogens (primary N) is 1. The predicted octanol–water partition coefficient (Wildman–Crippen LogP) is 1.89. The van der Waals surface area contributed by atoms with Crippen LogP contribution in [0.3, 0.4) is 0 Å². The number of urea groups is 1. The fraction of sp³-hybridized carbons (Fsp3) is 0.455. The highest BCUT2D eigenvalue weighted by Gasteiger charge is 2.31. The first kappa shape index (κ1) is 20.3. The average molecular weight is 409 g/mol. The number of rotatable bonds is 4. The van der Waals surface area contributed by atoms with E-state index in [1.54, 1.807) is 18.5 Å². The first-order valence-electron chi connectivity index (χ1n) is 10.5. The van der Waals surface area contributed by atoms with E-state index in [0.717, 1.165) is 25.2 Å². The molecular weight excluding hydrogens is 380 g/mol. The largest absolute Gasteiger partial charge is 0.384 e. The third-order valence-electron chi connectivity index (χ3n) is 5.95. The molecular formula is C22H28N6O2. The van der Waals surface area contributed by atoms with E-state index in [-0.39, 0.29) is 17.7 Å². The molecule has 0 aromatic carbocycles. The minimum absolute atomic E-state index is 0.0476. The van der Waals surface area contributed by atoms with Crippen LogP contribution in [0.25, 0.3) is 0 Å². The molecule has 4 heterocycles. The van der Waals surface area contributed by atoms with Gasteiger partial charge in [-0.15, -0.1) is 0 Å². The Morgan fingerprint density at radius 3 is 2.33 bits per heavy atom. The molecule has 2 aliphatic heterocycles. The van der Waals surface area contributed by atoms with E-state index in [1.807, 2.05) is 34.1 Å². The zero-order valence-corrected chi connectivity index (χ0v) is 17.1. The summed E-state index contributed by atoms with van der Waals surface area (Å²) in [5.41, 5.74) is 7.42. The first-order chi connectivity index (χ1) is 14.6. The number of hydrogen-bond donors (Lipinski definition) is 1. The molecule has 0 atom stereocenters. The number of piperazine rings is 1. The SMILES string of the molecule is Nc1cc(CN2CCN(C(=O)N3CCC(C(=O)c4ccccn4)CC3)CC2)ccn1. The van der Waals surface area contributed by atoms with Crippen LogP contribution in [-0.4, -0.2) is 75.8 Å². The van der Waals surface area contributed by atoms with Crippen LogP contribution in [0.5, 0.6) is 0 Å². The van der Waals surface area contributed by atoms with E-state index in [2.05, 4.69) is 14.9 Å². The van der Waals surface area contributed by atoms with Crippen LogP contribution in [0.4, 0.5) is 10.6 Å². The summed E-state index contributed by atoms with van der Waals surface area (Å²) in [5.74, 6) is 0.577. The Bertz CT molecular complexity index is 874. The molecule has 2 fully saturated rings. The van der Waals surface area contributed by atoms with Crippen LogP contribution < -0.4 is 5.73 Å². The zero-order chi connectivity index (χ0) is 20.9. The Kier molecular flexibility index (Phi) is 6.23. The smallest absolute Gasteiger partial charge is 0.320 e. The van der Waals surface area contributed by atoms with Gasteiger partial charge in [-0.2, -0.15) is 0 Å². The lowest BCUT2D eigenvalue weighted by Crippen LogP contribution is -2.54. The molecule has 8 heteroatoms. The molecule has 158 valence electrons. The van der Waals surface area contributed by atoms with Gasteiger partial charge in [0, 0.05) is 64.1 Å². The van der Waals surface area contributed by atoms with Crippen molar-refractivity contribution in [1.82, 2.24) is 24.7 Å². The van der Waals surface area contributed by atoms with Gasteiger partial charge in [0.1, 0.15) is 11.5 Å². The summed E-state index contributed by atoms with van der Waals surface area (Å²) >= 11 is 0. The van der Waals surface area contributed by atoms with Gasteiger partial charge >= 0.3 is 6.03 Å². The lowest BCUT2D eigenvalue weighted by atomic mass is 9.91.